The van der Waals surface area contributed by atoms with E-state index in [0.29, 0.717) is 10.9 Å². The minimum atomic E-state index is -1.07. The second kappa shape index (κ2) is 7.06. The summed E-state index contributed by atoms with van der Waals surface area (Å²) < 4.78 is 5.21. The Hall–Kier alpha value is -3.68. The van der Waals surface area contributed by atoms with Crippen LogP contribution in [0.2, 0.25) is 0 Å². The van der Waals surface area contributed by atoms with Gasteiger partial charge in [0.1, 0.15) is 0 Å². The van der Waals surface area contributed by atoms with E-state index in [1.807, 2.05) is 12.1 Å². The Kier molecular flexibility index (Phi) is 4.66. The number of para-hydroxylation sites is 1. The number of hydrogen-bond donors (Lipinski definition) is 2. The summed E-state index contributed by atoms with van der Waals surface area (Å²) in [5.41, 5.74) is 1.22. The fourth-order valence-corrected chi connectivity index (χ4v) is 2.46. The predicted molar refractivity (Wildman–Crippen MR) is 94.9 cm³/mol. The summed E-state index contributed by atoms with van der Waals surface area (Å²) in [7, 11) is 0. The molecule has 0 aliphatic carbocycles. The molecule has 0 saturated heterocycles. The fraction of sp³-hybridized carbons (Fsp3) is 0.111. The van der Waals surface area contributed by atoms with Gasteiger partial charge in [-0.2, -0.15) is 0 Å². The third kappa shape index (κ3) is 3.54. The zero-order valence-corrected chi connectivity index (χ0v) is 13.8. The van der Waals surface area contributed by atoms with Crippen LogP contribution in [0.3, 0.4) is 0 Å². The Morgan fingerprint density at radius 3 is 2.73 bits per heavy atom. The van der Waals surface area contributed by atoms with Crippen LogP contribution in [0, 0.1) is 10.1 Å². The van der Waals surface area contributed by atoms with Crippen LogP contribution >= 0.6 is 0 Å². The first-order valence-electron chi connectivity index (χ1n) is 7.78. The van der Waals surface area contributed by atoms with E-state index in [2.05, 4.69) is 10.3 Å². The van der Waals surface area contributed by atoms with Crippen molar-refractivity contribution in [3.63, 3.8) is 0 Å². The molecule has 1 aromatic heterocycles. The molecule has 1 heterocycles. The number of nitro benzene ring substituents is 1. The van der Waals surface area contributed by atoms with Gasteiger partial charge in [0.25, 0.3) is 11.6 Å². The minimum Gasteiger partial charge on any atom is -0.449 e. The number of amides is 1. The molecule has 0 radical (unpaired) electrons. The maximum Gasteiger partial charge on any atom is 0.341 e. The molecule has 1 atom stereocenters. The van der Waals surface area contributed by atoms with Crippen molar-refractivity contribution >= 4 is 34.2 Å². The molecule has 2 N–H and O–H groups in total. The molecule has 2 aromatic carbocycles. The molecule has 132 valence electrons. The van der Waals surface area contributed by atoms with E-state index in [1.165, 1.54) is 37.4 Å². The maximum atomic E-state index is 12.3. The molecule has 0 spiro atoms. The van der Waals surface area contributed by atoms with Crippen molar-refractivity contribution in [2.45, 2.75) is 13.0 Å². The molecular formula is C18H15N3O5. The summed E-state index contributed by atoms with van der Waals surface area (Å²) >= 11 is 0. The number of carbonyl (C=O) groups excluding carboxylic acids is 2. The highest BCUT2D eigenvalue weighted by Gasteiger charge is 2.21. The number of hydrogen-bond acceptors (Lipinski definition) is 5. The number of aromatic nitrogens is 1. The van der Waals surface area contributed by atoms with E-state index in [0.717, 1.165) is 5.52 Å². The third-order valence-corrected chi connectivity index (χ3v) is 3.79. The molecular weight excluding hydrogens is 338 g/mol. The van der Waals surface area contributed by atoms with Crippen LogP contribution in [0.25, 0.3) is 10.9 Å². The number of rotatable bonds is 5. The van der Waals surface area contributed by atoms with Gasteiger partial charge in [-0.05, 0) is 19.1 Å². The first-order valence-corrected chi connectivity index (χ1v) is 7.78. The second-order valence-electron chi connectivity index (χ2n) is 5.59. The fourth-order valence-electron chi connectivity index (χ4n) is 2.46. The monoisotopic (exact) mass is 353 g/mol. The Balaban J connectivity index is 1.68. The molecule has 3 aromatic rings. The molecule has 1 unspecified atom stereocenters. The van der Waals surface area contributed by atoms with Crippen molar-refractivity contribution < 1.29 is 19.2 Å². The van der Waals surface area contributed by atoms with Gasteiger partial charge in [0.15, 0.2) is 6.10 Å². The predicted octanol–water partition coefficient (Wildman–Crippen LogP) is 3.26. The number of H-pyrrole nitrogens is 1. The Morgan fingerprint density at radius 1 is 1.19 bits per heavy atom. The van der Waals surface area contributed by atoms with Crippen LogP contribution in [-0.4, -0.2) is 27.9 Å². The van der Waals surface area contributed by atoms with Gasteiger partial charge in [0.05, 0.1) is 10.5 Å². The van der Waals surface area contributed by atoms with Gasteiger partial charge < -0.3 is 15.0 Å². The van der Waals surface area contributed by atoms with E-state index in [9.17, 15) is 19.7 Å². The average molecular weight is 353 g/mol. The largest absolute Gasteiger partial charge is 0.449 e. The minimum absolute atomic E-state index is 0.147. The number of benzene rings is 2. The zero-order valence-electron chi connectivity index (χ0n) is 13.8. The zero-order chi connectivity index (χ0) is 18.7. The lowest BCUT2D eigenvalue weighted by atomic mass is 10.2. The normalized spacial score (nSPS) is 11.7. The van der Waals surface area contributed by atoms with Crippen molar-refractivity contribution in [3.8, 4) is 0 Å². The molecule has 0 fully saturated rings. The average Bonchev–Trinajstić information content (AvgIpc) is 3.06. The van der Waals surface area contributed by atoms with Gasteiger partial charge in [0, 0.05) is 34.9 Å². The first-order chi connectivity index (χ1) is 12.5. The number of nitrogens with zero attached hydrogens (tertiary/aromatic N) is 1. The maximum absolute atomic E-state index is 12.3. The molecule has 1 amide bonds. The van der Waals surface area contributed by atoms with Crippen LogP contribution in [0.1, 0.15) is 17.3 Å². The number of fused-ring (bicyclic) bond motifs is 1. The third-order valence-electron chi connectivity index (χ3n) is 3.79. The summed E-state index contributed by atoms with van der Waals surface area (Å²) in [6.07, 6.45) is 0.452. The van der Waals surface area contributed by atoms with Gasteiger partial charge in [-0.15, -0.1) is 0 Å². The lowest BCUT2D eigenvalue weighted by molar-refractivity contribution is -0.384. The standard InChI is InChI=1S/C18H15N3O5/c1-11(17(22)20-12-5-4-6-13(9-12)21(24)25)26-18(23)15-10-19-16-8-3-2-7-14(15)16/h2-11,19H,1H3,(H,20,22). The Bertz CT molecular complexity index is 995. The van der Waals surface area contributed by atoms with Crippen LogP contribution in [0.4, 0.5) is 11.4 Å². The van der Waals surface area contributed by atoms with Crippen molar-refractivity contribution in [2.75, 3.05) is 5.32 Å². The van der Waals surface area contributed by atoms with Gasteiger partial charge in [0.2, 0.25) is 0 Å². The Morgan fingerprint density at radius 2 is 1.96 bits per heavy atom. The number of anilines is 1. The Labute approximate surface area is 147 Å². The molecule has 0 saturated carbocycles. The molecule has 8 heteroatoms. The van der Waals surface area contributed by atoms with Crippen LogP contribution in [0.5, 0.6) is 0 Å². The van der Waals surface area contributed by atoms with Crippen molar-refractivity contribution in [1.29, 1.82) is 0 Å². The highest BCUT2D eigenvalue weighted by Crippen LogP contribution is 2.20. The lowest BCUT2D eigenvalue weighted by Gasteiger charge is -2.13. The summed E-state index contributed by atoms with van der Waals surface area (Å²) in [5.74, 6) is -1.22. The highest BCUT2D eigenvalue weighted by atomic mass is 16.6. The van der Waals surface area contributed by atoms with E-state index >= 15 is 0 Å². The molecule has 8 nitrogen and oxygen atoms in total. The number of esters is 1. The van der Waals surface area contributed by atoms with Gasteiger partial charge in [-0.25, -0.2) is 4.79 Å². The number of nitro groups is 1. The van der Waals surface area contributed by atoms with E-state index in [-0.39, 0.29) is 11.4 Å². The summed E-state index contributed by atoms with van der Waals surface area (Å²) in [5, 5.41) is 14.0. The van der Waals surface area contributed by atoms with E-state index in [4.69, 9.17) is 4.74 Å². The highest BCUT2D eigenvalue weighted by molar-refractivity contribution is 6.05. The van der Waals surface area contributed by atoms with Crippen LogP contribution < -0.4 is 5.32 Å². The molecule has 0 aliphatic rings. The van der Waals surface area contributed by atoms with Gasteiger partial charge >= 0.3 is 5.97 Å². The lowest BCUT2D eigenvalue weighted by Crippen LogP contribution is -2.30. The van der Waals surface area contributed by atoms with Crippen molar-refractivity contribution in [2.24, 2.45) is 0 Å². The van der Waals surface area contributed by atoms with Crippen molar-refractivity contribution in [1.82, 2.24) is 4.98 Å². The van der Waals surface area contributed by atoms with E-state index in [1.54, 1.807) is 12.1 Å². The van der Waals surface area contributed by atoms with Crippen molar-refractivity contribution in [3.05, 3.63) is 70.4 Å². The smallest absolute Gasteiger partial charge is 0.341 e. The first kappa shape index (κ1) is 17.2. The van der Waals surface area contributed by atoms with Crippen LogP contribution in [-0.2, 0) is 9.53 Å². The summed E-state index contributed by atoms with van der Waals surface area (Å²) in [4.78, 5) is 37.7. The van der Waals surface area contributed by atoms with Gasteiger partial charge in [-0.3, -0.25) is 14.9 Å². The summed E-state index contributed by atoms with van der Waals surface area (Å²) in [6.45, 7) is 1.43. The number of carbonyl (C=O) groups is 2. The topological polar surface area (TPSA) is 114 Å². The molecule has 0 aliphatic heterocycles. The van der Waals surface area contributed by atoms with E-state index < -0.39 is 22.9 Å². The summed E-state index contributed by atoms with van der Waals surface area (Å²) in [6, 6.07) is 12.7. The number of non-ortho nitro benzene ring substituents is 1. The quantitative estimate of drug-likeness (QED) is 0.415. The number of ether oxygens (including phenoxy) is 1. The number of nitrogens with one attached hydrogen (secondary N) is 2. The van der Waals surface area contributed by atoms with Gasteiger partial charge in [-0.1, -0.05) is 24.3 Å². The molecule has 3 rings (SSSR count). The SMILES string of the molecule is CC(OC(=O)c1c[nH]c2ccccc12)C(=O)Nc1cccc([N+](=O)[O-])c1. The molecule has 0 bridgehead atoms. The second-order valence-corrected chi connectivity index (χ2v) is 5.59. The molecule has 26 heavy (non-hydrogen) atoms. The number of aromatic amines is 1. The van der Waals surface area contributed by atoms with Crippen LogP contribution in [0.15, 0.2) is 54.7 Å².